The van der Waals surface area contributed by atoms with Gasteiger partial charge in [0.1, 0.15) is 11.6 Å². The summed E-state index contributed by atoms with van der Waals surface area (Å²) in [6.45, 7) is 0. The van der Waals surface area contributed by atoms with E-state index >= 15 is 0 Å². The van der Waals surface area contributed by atoms with E-state index in [2.05, 4.69) is 12.1 Å². The molecule has 0 N–H and O–H groups in total. The van der Waals surface area contributed by atoms with Gasteiger partial charge in [-0.15, -0.1) is 0 Å². The first-order valence-corrected chi connectivity index (χ1v) is 6.62. The summed E-state index contributed by atoms with van der Waals surface area (Å²) in [7, 11) is 5.70. The van der Waals surface area contributed by atoms with Gasteiger partial charge in [-0.3, -0.25) is 0 Å². The van der Waals surface area contributed by atoms with Gasteiger partial charge < -0.3 is 9.64 Å². The van der Waals surface area contributed by atoms with E-state index in [1.54, 1.807) is 7.11 Å². The SMILES string of the molecule is COc1cccc(N=C(Cc2ccccc2)N(C)C)c1. The predicted octanol–water partition coefficient (Wildman–Crippen LogP) is 3.53. The van der Waals surface area contributed by atoms with Crippen molar-refractivity contribution < 1.29 is 4.74 Å². The minimum absolute atomic E-state index is 0.811. The molecule has 2 aromatic rings. The van der Waals surface area contributed by atoms with Crippen molar-refractivity contribution in [2.45, 2.75) is 6.42 Å². The minimum atomic E-state index is 0.811. The maximum Gasteiger partial charge on any atom is 0.121 e. The number of ether oxygens (including phenoxy) is 1. The van der Waals surface area contributed by atoms with Crippen LogP contribution in [0.1, 0.15) is 5.56 Å². The molecule has 0 saturated carbocycles. The Labute approximate surface area is 120 Å². The summed E-state index contributed by atoms with van der Waals surface area (Å²) in [6.07, 6.45) is 0.811. The molecule has 0 spiro atoms. The molecule has 3 nitrogen and oxygen atoms in total. The van der Waals surface area contributed by atoms with Gasteiger partial charge in [-0.2, -0.15) is 0 Å². The summed E-state index contributed by atoms with van der Waals surface area (Å²) >= 11 is 0. The topological polar surface area (TPSA) is 24.8 Å². The van der Waals surface area contributed by atoms with E-state index < -0.39 is 0 Å². The van der Waals surface area contributed by atoms with Crippen LogP contribution in [0, 0.1) is 0 Å². The van der Waals surface area contributed by atoms with Crippen LogP contribution in [-0.2, 0) is 6.42 Å². The summed E-state index contributed by atoms with van der Waals surface area (Å²) in [5, 5.41) is 0. The highest BCUT2D eigenvalue weighted by Gasteiger charge is 2.05. The monoisotopic (exact) mass is 268 g/mol. The zero-order valence-electron chi connectivity index (χ0n) is 12.2. The number of likely N-dealkylation sites (N-methyl/N-ethyl adjacent to an activating group) is 1. The Morgan fingerprint density at radius 3 is 2.45 bits per heavy atom. The molecule has 0 amide bonds. The fraction of sp³-hybridized carbons (Fsp3) is 0.235. The Morgan fingerprint density at radius 1 is 1.05 bits per heavy atom. The molecule has 0 aliphatic carbocycles. The van der Waals surface area contributed by atoms with Crippen molar-refractivity contribution in [2.24, 2.45) is 4.99 Å². The number of benzene rings is 2. The molecule has 0 unspecified atom stereocenters. The van der Waals surface area contributed by atoms with E-state index in [1.807, 2.05) is 61.5 Å². The molecular formula is C17H20N2O. The molecule has 0 fully saturated rings. The summed E-state index contributed by atoms with van der Waals surface area (Å²) in [5.74, 6) is 1.84. The van der Waals surface area contributed by atoms with Gasteiger partial charge in [-0.25, -0.2) is 4.99 Å². The molecule has 0 saturated heterocycles. The van der Waals surface area contributed by atoms with Gasteiger partial charge in [-0.1, -0.05) is 36.4 Å². The van der Waals surface area contributed by atoms with Crippen LogP contribution in [0.15, 0.2) is 59.6 Å². The first-order chi connectivity index (χ1) is 9.69. The molecule has 0 heterocycles. The number of amidine groups is 1. The zero-order chi connectivity index (χ0) is 14.4. The standard InChI is InChI=1S/C17H20N2O/c1-19(2)17(12-14-8-5-4-6-9-14)18-15-10-7-11-16(13-15)20-3/h4-11,13H,12H2,1-3H3. The summed E-state index contributed by atoms with van der Waals surface area (Å²) in [4.78, 5) is 6.77. The number of methoxy groups -OCH3 is 1. The van der Waals surface area contributed by atoms with Gasteiger partial charge in [-0.05, 0) is 17.7 Å². The van der Waals surface area contributed by atoms with Crippen molar-refractivity contribution in [2.75, 3.05) is 21.2 Å². The van der Waals surface area contributed by atoms with E-state index in [4.69, 9.17) is 9.73 Å². The Hall–Kier alpha value is -2.29. The number of aliphatic imine (C=N–C) groups is 1. The van der Waals surface area contributed by atoms with Gasteiger partial charge in [0.05, 0.1) is 12.8 Å². The Bertz CT molecular complexity index is 577. The Kier molecular flexibility index (Phi) is 4.77. The van der Waals surface area contributed by atoms with Crippen LogP contribution in [0.2, 0.25) is 0 Å². The summed E-state index contributed by atoms with van der Waals surface area (Å²) in [6, 6.07) is 18.2. The highest BCUT2D eigenvalue weighted by Crippen LogP contribution is 2.20. The third kappa shape index (κ3) is 3.85. The normalized spacial score (nSPS) is 11.2. The molecule has 0 atom stereocenters. The van der Waals surface area contributed by atoms with Crippen LogP contribution >= 0.6 is 0 Å². The second kappa shape index (κ2) is 6.75. The van der Waals surface area contributed by atoms with Crippen LogP contribution in [-0.4, -0.2) is 31.9 Å². The summed E-state index contributed by atoms with van der Waals surface area (Å²) < 4.78 is 5.23. The number of rotatable bonds is 4. The third-order valence-corrected chi connectivity index (χ3v) is 3.03. The lowest BCUT2D eigenvalue weighted by molar-refractivity contribution is 0.415. The molecule has 2 aromatic carbocycles. The fourth-order valence-corrected chi connectivity index (χ4v) is 1.91. The van der Waals surface area contributed by atoms with Crippen LogP contribution < -0.4 is 4.74 Å². The maximum atomic E-state index is 5.23. The minimum Gasteiger partial charge on any atom is -0.497 e. The molecule has 0 bridgehead atoms. The van der Waals surface area contributed by atoms with Gasteiger partial charge in [0.25, 0.3) is 0 Å². The highest BCUT2D eigenvalue weighted by molar-refractivity contribution is 5.86. The van der Waals surface area contributed by atoms with E-state index in [0.717, 1.165) is 23.7 Å². The van der Waals surface area contributed by atoms with Gasteiger partial charge in [0, 0.05) is 26.6 Å². The van der Waals surface area contributed by atoms with E-state index in [-0.39, 0.29) is 0 Å². The molecular weight excluding hydrogens is 248 g/mol. The lowest BCUT2D eigenvalue weighted by Crippen LogP contribution is -2.23. The van der Waals surface area contributed by atoms with Crippen LogP contribution in [0.4, 0.5) is 5.69 Å². The smallest absolute Gasteiger partial charge is 0.121 e. The number of hydrogen-bond acceptors (Lipinski definition) is 2. The fourth-order valence-electron chi connectivity index (χ4n) is 1.91. The predicted molar refractivity (Wildman–Crippen MR) is 83.9 cm³/mol. The van der Waals surface area contributed by atoms with E-state index in [9.17, 15) is 0 Å². The molecule has 2 rings (SSSR count). The molecule has 20 heavy (non-hydrogen) atoms. The van der Waals surface area contributed by atoms with Crippen molar-refractivity contribution in [1.29, 1.82) is 0 Å². The Morgan fingerprint density at radius 2 is 1.80 bits per heavy atom. The van der Waals surface area contributed by atoms with Crippen molar-refractivity contribution in [3.63, 3.8) is 0 Å². The average Bonchev–Trinajstić information content (AvgIpc) is 2.48. The molecule has 104 valence electrons. The third-order valence-electron chi connectivity index (χ3n) is 3.03. The Balaban J connectivity index is 2.25. The zero-order valence-corrected chi connectivity index (χ0v) is 12.2. The first-order valence-electron chi connectivity index (χ1n) is 6.62. The quantitative estimate of drug-likeness (QED) is 0.626. The molecule has 3 heteroatoms. The lowest BCUT2D eigenvalue weighted by Gasteiger charge is -2.16. The first kappa shape index (κ1) is 14.1. The second-order valence-corrected chi connectivity index (χ2v) is 4.79. The second-order valence-electron chi connectivity index (χ2n) is 4.79. The van der Waals surface area contributed by atoms with Crippen LogP contribution in [0.25, 0.3) is 0 Å². The van der Waals surface area contributed by atoms with Gasteiger partial charge in [0.2, 0.25) is 0 Å². The van der Waals surface area contributed by atoms with Crippen LogP contribution in [0.5, 0.6) is 5.75 Å². The summed E-state index contributed by atoms with van der Waals surface area (Å²) in [5.41, 5.74) is 2.16. The molecule has 0 radical (unpaired) electrons. The molecule has 0 aliphatic heterocycles. The number of hydrogen-bond donors (Lipinski definition) is 0. The van der Waals surface area contributed by atoms with Crippen molar-refractivity contribution in [1.82, 2.24) is 4.90 Å². The molecule has 0 aromatic heterocycles. The lowest BCUT2D eigenvalue weighted by atomic mass is 10.1. The van der Waals surface area contributed by atoms with Crippen LogP contribution in [0.3, 0.4) is 0 Å². The van der Waals surface area contributed by atoms with Crippen molar-refractivity contribution >= 4 is 11.5 Å². The molecule has 0 aliphatic rings. The maximum absolute atomic E-state index is 5.23. The van der Waals surface area contributed by atoms with Crippen molar-refractivity contribution in [3.8, 4) is 5.75 Å². The highest BCUT2D eigenvalue weighted by atomic mass is 16.5. The average molecular weight is 268 g/mol. The van der Waals surface area contributed by atoms with Crippen molar-refractivity contribution in [3.05, 3.63) is 60.2 Å². The number of nitrogens with zero attached hydrogens (tertiary/aromatic N) is 2. The van der Waals surface area contributed by atoms with E-state index in [1.165, 1.54) is 5.56 Å². The van der Waals surface area contributed by atoms with Gasteiger partial charge in [0.15, 0.2) is 0 Å². The largest absolute Gasteiger partial charge is 0.497 e. The van der Waals surface area contributed by atoms with Gasteiger partial charge >= 0.3 is 0 Å². The van der Waals surface area contributed by atoms with E-state index in [0.29, 0.717) is 0 Å².